The van der Waals surface area contributed by atoms with E-state index in [1.807, 2.05) is 6.07 Å². The first-order chi connectivity index (χ1) is 11.6. The van der Waals surface area contributed by atoms with Crippen LogP contribution in [-0.4, -0.2) is 35.9 Å². The van der Waals surface area contributed by atoms with Gasteiger partial charge >= 0.3 is 0 Å². The number of piperidine rings is 1. The van der Waals surface area contributed by atoms with Gasteiger partial charge in [-0.05, 0) is 25.3 Å². The van der Waals surface area contributed by atoms with Crippen molar-refractivity contribution in [1.82, 2.24) is 4.90 Å². The van der Waals surface area contributed by atoms with Gasteiger partial charge in [-0.2, -0.15) is 5.26 Å². The maximum Gasteiger partial charge on any atom is 0.273 e. The first-order valence-electron chi connectivity index (χ1n) is 7.55. The SMILES string of the molecule is COc1cc([N+](=O)[O-])ccc1N/C=C(/C#N)C(=O)N1CCCCC1. The van der Waals surface area contributed by atoms with Crippen molar-refractivity contribution >= 4 is 17.3 Å². The second-order valence-electron chi connectivity index (χ2n) is 5.31. The minimum atomic E-state index is -0.525. The van der Waals surface area contributed by atoms with Gasteiger partial charge in [-0.3, -0.25) is 14.9 Å². The molecule has 2 rings (SSSR count). The van der Waals surface area contributed by atoms with Gasteiger partial charge in [0.15, 0.2) is 0 Å². The highest BCUT2D eigenvalue weighted by molar-refractivity contribution is 5.97. The van der Waals surface area contributed by atoms with Gasteiger partial charge in [0.05, 0.1) is 23.8 Å². The molecule has 0 aliphatic carbocycles. The van der Waals surface area contributed by atoms with Crippen molar-refractivity contribution in [2.24, 2.45) is 0 Å². The van der Waals surface area contributed by atoms with Crippen LogP contribution in [0.4, 0.5) is 11.4 Å². The van der Waals surface area contributed by atoms with E-state index in [1.165, 1.54) is 31.5 Å². The summed E-state index contributed by atoms with van der Waals surface area (Å²) in [4.78, 5) is 24.2. The molecule has 0 radical (unpaired) electrons. The molecule has 126 valence electrons. The minimum absolute atomic E-state index is 0.0164. The molecule has 8 nitrogen and oxygen atoms in total. The summed E-state index contributed by atoms with van der Waals surface area (Å²) < 4.78 is 5.10. The van der Waals surface area contributed by atoms with Gasteiger partial charge in [0.25, 0.3) is 11.6 Å². The molecule has 1 fully saturated rings. The molecule has 24 heavy (non-hydrogen) atoms. The molecule has 1 aliphatic rings. The number of non-ortho nitro benzene ring substituents is 1. The minimum Gasteiger partial charge on any atom is -0.494 e. The number of nitro benzene ring substituents is 1. The fraction of sp³-hybridized carbons (Fsp3) is 0.375. The highest BCUT2D eigenvalue weighted by Crippen LogP contribution is 2.29. The molecule has 0 unspecified atom stereocenters. The van der Waals surface area contributed by atoms with E-state index >= 15 is 0 Å². The van der Waals surface area contributed by atoms with Crippen LogP contribution in [-0.2, 0) is 4.79 Å². The average molecular weight is 330 g/mol. The Hall–Kier alpha value is -3.08. The maximum atomic E-state index is 12.3. The average Bonchev–Trinajstić information content (AvgIpc) is 2.62. The van der Waals surface area contributed by atoms with Crippen LogP contribution in [0.2, 0.25) is 0 Å². The molecule has 0 saturated carbocycles. The largest absolute Gasteiger partial charge is 0.494 e. The summed E-state index contributed by atoms with van der Waals surface area (Å²) in [6, 6.07) is 5.95. The Morgan fingerprint density at radius 2 is 2.12 bits per heavy atom. The molecule has 1 aliphatic heterocycles. The Morgan fingerprint density at radius 3 is 2.71 bits per heavy atom. The van der Waals surface area contributed by atoms with Gasteiger partial charge in [-0.15, -0.1) is 0 Å². The fourth-order valence-electron chi connectivity index (χ4n) is 2.47. The Bertz CT molecular complexity index is 703. The normalized spacial score (nSPS) is 14.7. The van der Waals surface area contributed by atoms with Crippen molar-refractivity contribution in [3.63, 3.8) is 0 Å². The van der Waals surface area contributed by atoms with Crippen molar-refractivity contribution < 1.29 is 14.5 Å². The van der Waals surface area contributed by atoms with Gasteiger partial charge in [0, 0.05) is 25.4 Å². The van der Waals surface area contributed by atoms with E-state index in [1.54, 1.807) is 4.90 Å². The lowest BCUT2D eigenvalue weighted by atomic mass is 10.1. The number of nitro groups is 1. The molecule has 1 aromatic rings. The molecule has 0 spiro atoms. The van der Waals surface area contributed by atoms with E-state index in [-0.39, 0.29) is 22.9 Å². The van der Waals surface area contributed by atoms with Gasteiger partial charge in [0.2, 0.25) is 0 Å². The third-order valence-corrected chi connectivity index (χ3v) is 3.76. The van der Waals surface area contributed by atoms with E-state index < -0.39 is 4.92 Å². The third-order valence-electron chi connectivity index (χ3n) is 3.76. The number of ether oxygens (including phenoxy) is 1. The van der Waals surface area contributed by atoms with E-state index in [4.69, 9.17) is 4.74 Å². The number of nitrogens with one attached hydrogen (secondary N) is 1. The second-order valence-corrected chi connectivity index (χ2v) is 5.31. The summed E-state index contributed by atoms with van der Waals surface area (Å²) >= 11 is 0. The van der Waals surface area contributed by atoms with E-state index in [2.05, 4.69) is 5.32 Å². The van der Waals surface area contributed by atoms with E-state index in [9.17, 15) is 20.2 Å². The predicted molar refractivity (Wildman–Crippen MR) is 87.4 cm³/mol. The van der Waals surface area contributed by atoms with Crippen molar-refractivity contribution in [3.05, 3.63) is 40.1 Å². The zero-order valence-electron chi connectivity index (χ0n) is 13.3. The van der Waals surface area contributed by atoms with E-state index in [0.717, 1.165) is 19.3 Å². The zero-order valence-corrected chi connectivity index (χ0v) is 13.3. The van der Waals surface area contributed by atoms with Crippen molar-refractivity contribution in [1.29, 1.82) is 5.26 Å². The number of hydrogen-bond acceptors (Lipinski definition) is 6. The second kappa shape index (κ2) is 7.97. The maximum absolute atomic E-state index is 12.3. The summed E-state index contributed by atoms with van der Waals surface area (Å²) in [7, 11) is 1.39. The number of carbonyl (C=O) groups excluding carboxylic acids is 1. The zero-order chi connectivity index (χ0) is 17.5. The standard InChI is InChI=1S/C16H18N4O4/c1-24-15-9-13(20(22)23)5-6-14(15)18-11-12(10-17)16(21)19-7-3-2-4-8-19/h5-6,9,11,18H,2-4,7-8H2,1H3/b12-11-. The molecule has 1 saturated heterocycles. The van der Waals surface area contributed by atoms with Gasteiger partial charge in [-0.1, -0.05) is 0 Å². The van der Waals surface area contributed by atoms with Crippen LogP contribution in [0.15, 0.2) is 30.0 Å². The summed E-state index contributed by atoms with van der Waals surface area (Å²) in [5, 5.41) is 22.8. The van der Waals surface area contributed by atoms with Crippen LogP contribution in [0.1, 0.15) is 19.3 Å². The number of methoxy groups -OCH3 is 1. The molecular formula is C16H18N4O4. The topological polar surface area (TPSA) is 108 Å². The number of hydrogen-bond donors (Lipinski definition) is 1. The lowest BCUT2D eigenvalue weighted by Crippen LogP contribution is -2.36. The molecular weight excluding hydrogens is 312 g/mol. The van der Waals surface area contributed by atoms with Crippen molar-refractivity contribution in [2.45, 2.75) is 19.3 Å². The van der Waals surface area contributed by atoms with Crippen LogP contribution in [0.25, 0.3) is 0 Å². The summed E-state index contributed by atoms with van der Waals surface area (Å²) in [5.74, 6) is -0.0614. The molecule has 8 heteroatoms. The number of amides is 1. The van der Waals surface area contributed by atoms with Crippen LogP contribution in [0.5, 0.6) is 5.75 Å². The lowest BCUT2D eigenvalue weighted by molar-refractivity contribution is -0.384. The quantitative estimate of drug-likeness (QED) is 0.384. The smallest absolute Gasteiger partial charge is 0.273 e. The van der Waals surface area contributed by atoms with Gasteiger partial charge in [0.1, 0.15) is 17.4 Å². The molecule has 0 atom stereocenters. The Labute approximate surface area is 139 Å². The monoisotopic (exact) mass is 330 g/mol. The fourth-order valence-corrected chi connectivity index (χ4v) is 2.47. The first-order valence-corrected chi connectivity index (χ1v) is 7.55. The molecule has 1 aromatic carbocycles. The Morgan fingerprint density at radius 1 is 1.42 bits per heavy atom. The molecule has 1 amide bonds. The van der Waals surface area contributed by atoms with Crippen LogP contribution in [0, 0.1) is 21.4 Å². The predicted octanol–water partition coefficient (Wildman–Crippen LogP) is 2.44. The molecule has 1 heterocycles. The lowest BCUT2D eigenvalue weighted by Gasteiger charge is -2.26. The molecule has 0 aromatic heterocycles. The highest BCUT2D eigenvalue weighted by Gasteiger charge is 2.20. The number of benzene rings is 1. The number of nitriles is 1. The highest BCUT2D eigenvalue weighted by atomic mass is 16.6. The first kappa shape index (κ1) is 17.3. The number of carbonyl (C=O) groups is 1. The summed E-state index contributed by atoms with van der Waals surface area (Å²) in [5.41, 5.74) is 0.311. The summed E-state index contributed by atoms with van der Waals surface area (Å²) in [6.45, 7) is 1.30. The number of likely N-dealkylation sites (tertiary alicyclic amines) is 1. The van der Waals surface area contributed by atoms with Crippen LogP contribution >= 0.6 is 0 Å². The number of nitrogens with zero attached hydrogens (tertiary/aromatic N) is 3. The van der Waals surface area contributed by atoms with Gasteiger partial charge in [-0.25, -0.2) is 0 Å². The van der Waals surface area contributed by atoms with Crippen LogP contribution in [0.3, 0.4) is 0 Å². The number of anilines is 1. The van der Waals surface area contributed by atoms with Gasteiger partial charge < -0.3 is 15.0 Å². The third kappa shape index (κ3) is 4.01. The van der Waals surface area contributed by atoms with Crippen molar-refractivity contribution in [2.75, 3.05) is 25.5 Å². The number of rotatable bonds is 5. The van der Waals surface area contributed by atoms with Crippen molar-refractivity contribution in [3.8, 4) is 11.8 Å². The Kier molecular flexibility index (Phi) is 5.73. The van der Waals surface area contributed by atoms with Crippen LogP contribution < -0.4 is 10.1 Å². The molecule has 0 bridgehead atoms. The van der Waals surface area contributed by atoms with E-state index in [0.29, 0.717) is 18.8 Å². The summed E-state index contributed by atoms with van der Waals surface area (Å²) in [6.07, 6.45) is 4.27. The Balaban J connectivity index is 2.16. The molecule has 1 N–H and O–H groups in total.